The molecule has 4 saturated carbocycles. The molecule has 7 aliphatic rings. The Bertz CT molecular complexity index is 1440. The molecule has 0 aromatic heterocycles. The zero-order chi connectivity index (χ0) is 41.3. The van der Waals surface area contributed by atoms with E-state index < -0.39 is 108 Å². The lowest BCUT2D eigenvalue weighted by Gasteiger charge is -2.73. The lowest BCUT2D eigenvalue weighted by atomic mass is 9.32. The van der Waals surface area contributed by atoms with Crippen molar-refractivity contribution in [1.82, 2.24) is 0 Å². The minimum atomic E-state index is -1.62. The van der Waals surface area contributed by atoms with E-state index in [-0.39, 0.29) is 41.3 Å². The van der Waals surface area contributed by atoms with E-state index in [4.69, 9.17) is 23.7 Å². The van der Waals surface area contributed by atoms with Crippen LogP contribution in [0.5, 0.6) is 0 Å². The number of fused-ring (bicyclic) bond motifs is 5. The highest BCUT2D eigenvalue weighted by Gasteiger charge is 2.76. The molecular weight excluding hydrogens is 728 g/mol. The van der Waals surface area contributed by atoms with E-state index in [1.54, 1.807) is 13.8 Å². The third-order valence-corrected chi connectivity index (χ3v) is 17.8. The first kappa shape index (κ1) is 43.5. The molecule has 14 heteroatoms. The molecule has 4 aliphatic carbocycles. The lowest BCUT2D eigenvalue weighted by molar-refractivity contribution is -0.356. The van der Waals surface area contributed by atoms with Crippen LogP contribution in [0.4, 0.5) is 0 Å². The molecule has 0 unspecified atom stereocenters. The molecule has 0 bridgehead atoms. The normalized spacial score (nSPS) is 57.3. The molecule has 0 spiro atoms. The van der Waals surface area contributed by atoms with Crippen LogP contribution >= 0.6 is 0 Å². The van der Waals surface area contributed by atoms with Crippen LogP contribution in [0.2, 0.25) is 0 Å². The molecule has 7 fully saturated rings. The van der Waals surface area contributed by atoms with Crippen molar-refractivity contribution in [3.05, 3.63) is 0 Å². The van der Waals surface area contributed by atoms with Crippen molar-refractivity contribution in [3.63, 3.8) is 0 Å². The van der Waals surface area contributed by atoms with Crippen LogP contribution in [0.3, 0.4) is 0 Å². The first-order valence-electron chi connectivity index (χ1n) is 21.2. The third kappa shape index (κ3) is 6.24. The molecule has 0 radical (unpaired) electrons. The fourth-order valence-corrected chi connectivity index (χ4v) is 14.5. The van der Waals surface area contributed by atoms with Crippen molar-refractivity contribution >= 4 is 0 Å². The summed E-state index contributed by atoms with van der Waals surface area (Å²) in [6.45, 7) is 18.4. The molecule has 9 N–H and O–H groups in total. The van der Waals surface area contributed by atoms with Crippen molar-refractivity contribution in [2.24, 2.45) is 44.8 Å². The van der Waals surface area contributed by atoms with Gasteiger partial charge in [0.2, 0.25) is 0 Å². The fraction of sp³-hybridized carbons (Fsp3) is 1.00. The van der Waals surface area contributed by atoms with Gasteiger partial charge < -0.3 is 69.6 Å². The van der Waals surface area contributed by atoms with Gasteiger partial charge in [-0.2, -0.15) is 0 Å². The van der Waals surface area contributed by atoms with E-state index in [0.29, 0.717) is 32.1 Å². The maximum absolute atomic E-state index is 12.3. The first-order chi connectivity index (χ1) is 25.8. The minimum absolute atomic E-state index is 0.00743. The zero-order valence-electron chi connectivity index (χ0n) is 34.9. The van der Waals surface area contributed by atoms with E-state index in [0.717, 1.165) is 19.3 Å². The van der Waals surface area contributed by atoms with Crippen LogP contribution in [-0.2, 0) is 23.7 Å². The highest BCUT2D eigenvalue weighted by atomic mass is 16.7. The van der Waals surface area contributed by atoms with Crippen molar-refractivity contribution in [2.45, 2.75) is 205 Å². The van der Waals surface area contributed by atoms with Gasteiger partial charge in [-0.25, -0.2) is 0 Å². The number of rotatable bonds is 7. The first-order valence-corrected chi connectivity index (χ1v) is 21.2. The summed E-state index contributed by atoms with van der Waals surface area (Å²) in [5.41, 5.74) is -3.77. The van der Waals surface area contributed by atoms with Gasteiger partial charge in [0.15, 0.2) is 12.6 Å². The summed E-state index contributed by atoms with van der Waals surface area (Å²) in [4.78, 5) is 0. The van der Waals surface area contributed by atoms with Crippen molar-refractivity contribution in [3.8, 4) is 0 Å². The smallest absolute Gasteiger partial charge is 0.186 e. The average molecular weight is 801 g/mol. The Morgan fingerprint density at radius 2 is 1.29 bits per heavy atom. The molecule has 3 heterocycles. The van der Waals surface area contributed by atoms with E-state index in [1.165, 1.54) is 0 Å². The number of hydrogen-bond donors (Lipinski definition) is 9. The SMILES string of the molecule is CC(C)(O)[C@@H]1CC[C@](C)([C@H]2[C@@H](O)C[C@@]3(C)[C@@H]4C[C@H](O[C@@H]5O[C@H](CO)[C@@H](O)[C@H](O)[C@H]5O)[C@H]5C(C)(C)[C@@H](O[C@@H]6OC[C@@H](O)[C@H](O)[C@H]6O)CC[C@]5(C)[C@]4(C)CC[C@]23C)O1. The molecule has 14 nitrogen and oxygen atoms in total. The van der Waals surface area contributed by atoms with Gasteiger partial charge in [0.05, 0.1) is 48.8 Å². The van der Waals surface area contributed by atoms with Crippen molar-refractivity contribution in [1.29, 1.82) is 0 Å². The molecule has 3 saturated heterocycles. The van der Waals surface area contributed by atoms with Gasteiger partial charge in [-0.1, -0.05) is 41.5 Å². The number of hydrogen-bond acceptors (Lipinski definition) is 14. The second-order valence-electron chi connectivity index (χ2n) is 21.4. The minimum Gasteiger partial charge on any atom is -0.394 e. The Kier molecular flexibility index (Phi) is 11.1. The summed E-state index contributed by atoms with van der Waals surface area (Å²) in [5, 5.41) is 97.5. The Balaban J connectivity index is 1.27. The maximum Gasteiger partial charge on any atom is 0.186 e. The van der Waals surface area contributed by atoms with Gasteiger partial charge >= 0.3 is 0 Å². The summed E-state index contributed by atoms with van der Waals surface area (Å²) >= 11 is 0. The summed E-state index contributed by atoms with van der Waals surface area (Å²) < 4.78 is 32.0. The second-order valence-corrected chi connectivity index (χ2v) is 21.4. The molecule has 0 aromatic rings. The van der Waals surface area contributed by atoms with E-state index >= 15 is 0 Å². The van der Waals surface area contributed by atoms with E-state index in [2.05, 4.69) is 48.5 Å². The predicted octanol–water partition coefficient (Wildman–Crippen LogP) is 1.36. The largest absolute Gasteiger partial charge is 0.394 e. The summed E-state index contributed by atoms with van der Waals surface area (Å²) in [6.07, 6.45) is -9.11. The summed E-state index contributed by atoms with van der Waals surface area (Å²) in [6, 6.07) is 0. The molecule has 56 heavy (non-hydrogen) atoms. The summed E-state index contributed by atoms with van der Waals surface area (Å²) in [7, 11) is 0. The maximum atomic E-state index is 12.3. The molecule has 21 atom stereocenters. The lowest BCUT2D eigenvalue weighted by Crippen LogP contribution is -2.71. The Morgan fingerprint density at radius 3 is 1.91 bits per heavy atom. The standard InChI is InChI=1S/C42H72O14/c1-36(2)25(55-34-30(49)27(46)21(45)19-52-34)10-12-39(6)33(36)22(53-35-31(50)29(48)28(47)23(18-43)54-35)16-24-38(39,5)14-15-40(7)32(20(44)17-41(24,40)8)42(9)13-11-26(56-42)37(3,4)51/h20-35,43-51H,10-19H2,1-9H3/t20-,21+,22-,23+,24+,25-,26-,27-,28+,29-,30+,31+,32-,33-,34-,35+,38+,39-,40+,41-,42+/m0/s1. The molecule has 3 aliphatic heterocycles. The van der Waals surface area contributed by atoms with Gasteiger partial charge in [0.25, 0.3) is 0 Å². The molecule has 7 rings (SSSR count). The Labute approximate surface area is 331 Å². The Morgan fingerprint density at radius 1 is 0.661 bits per heavy atom. The van der Waals surface area contributed by atoms with E-state index in [9.17, 15) is 46.0 Å². The quantitative estimate of drug-likeness (QED) is 0.166. The van der Waals surface area contributed by atoms with Crippen molar-refractivity contribution < 1.29 is 69.6 Å². The van der Waals surface area contributed by atoms with E-state index in [1.807, 2.05) is 0 Å². The Hall–Kier alpha value is -0.560. The van der Waals surface area contributed by atoms with Gasteiger partial charge in [0.1, 0.15) is 42.7 Å². The molecule has 0 aromatic carbocycles. The highest BCUT2D eigenvalue weighted by molar-refractivity contribution is 5.25. The van der Waals surface area contributed by atoms with Crippen LogP contribution in [0.15, 0.2) is 0 Å². The van der Waals surface area contributed by atoms with Gasteiger partial charge in [-0.05, 0) is 111 Å². The van der Waals surface area contributed by atoms with Gasteiger partial charge in [-0.15, -0.1) is 0 Å². The molecular formula is C42H72O14. The number of aliphatic hydroxyl groups excluding tert-OH is 8. The number of ether oxygens (including phenoxy) is 5. The van der Waals surface area contributed by atoms with Gasteiger partial charge in [-0.3, -0.25) is 0 Å². The predicted molar refractivity (Wildman–Crippen MR) is 200 cm³/mol. The van der Waals surface area contributed by atoms with Gasteiger partial charge in [0, 0.05) is 5.92 Å². The van der Waals surface area contributed by atoms with Crippen LogP contribution < -0.4 is 0 Å². The van der Waals surface area contributed by atoms with Crippen molar-refractivity contribution in [2.75, 3.05) is 13.2 Å². The van der Waals surface area contributed by atoms with Crippen LogP contribution in [0.25, 0.3) is 0 Å². The molecule has 324 valence electrons. The van der Waals surface area contributed by atoms with Crippen LogP contribution in [0, 0.1) is 44.8 Å². The monoisotopic (exact) mass is 800 g/mol. The molecule has 0 amide bonds. The zero-order valence-corrected chi connectivity index (χ0v) is 34.9. The highest BCUT2D eigenvalue weighted by Crippen LogP contribution is 2.79. The topological polar surface area (TPSA) is 228 Å². The van der Waals surface area contributed by atoms with Crippen LogP contribution in [-0.4, -0.2) is 150 Å². The summed E-state index contributed by atoms with van der Waals surface area (Å²) in [5.74, 6) is -0.437. The average Bonchev–Trinajstić information content (AvgIpc) is 3.61. The number of aliphatic hydroxyl groups is 9. The fourth-order valence-electron chi connectivity index (χ4n) is 14.5. The third-order valence-electron chi connectivity index (χ3n) is 17.8. The second kappa shape index (κ2) is 14.3. The van der Waals surface area contributed by atoms with Crippen LogP contribution in [0.1, 0.15) is 114 Å².